The van der Waals surface area contributed by atoms with Crippen LogP contribution in [0.3, 0.4) is 0 Å². The first kappa shape index (κ1) is 22.8. The van der Waals surface area contributed by atoms with E-state index in [0.717, 1.165) is 37.2 Å². The van der Waals surface area contributed by atoms with E-state index in [0.29, 0.717) is 21.8 Å². The second kappa shape index (κ2) is 11.0. The number of carbonyl (C=O) groups excluding carboxylic acids is 1. The van der Waals surface area contributed by atoms with Crippen LogP contribution in [0.4, 0.5) is 5.69 Å². The van der Waals surface area contributed by atoms with E-state index in [1.807, 2.05) is 48.5 Å². The number of aliphatic hydroxyl groups excluding tert-OH is 1. The van der Waals surface area contributed by atoms with E-state index in [4.69, 9.17) is 17.0 Å². The summed E-state index contributed by atoms with van der Waals surface area (Å²) in [6.45, 7) is 2.72. The number of benzene rings is 2. The van der Waals surface area contributed by atoms with E-state index < -0.39 is 6.10 Å². The Labute approximate surface area is 198 Å². The molecular weight excluding hydrogens is 442 g/mol. The SMILES string of the molecule is O=C1NC(=S)S/C1=C/c1ccc(N2CCC(NCC(O)COc3ccccc3)CC2)cc1. The highest BCUT2D eigenvalue weighted by atomic mass is 32.2. The third kappa shape index (κ3) is 6.32. The first-order valence-electron chi connectivity index (χ1n) is 10.8. The van der Waals surface area contributed by atoms with Crippen molar-refractivity contribution >= 4 is 46.0 Å². The van der Waals surface area contributed by atoms with E-state index in [9.17, 15) is 9.90 Å². The summed E-state index contributed by atoms with van der Waals surface area (Å²) in [7, 11) is 0. The minimum atomic E-state index is -0.538. The van der Waals surface area contributed by atoms with Crippen molar-refractivity contribution in [2.24, 2.45) is 0 Å². The van der Waals surface area contributed by atoms with Crippen molar-refractivity contribution in [1.29, 1.82) is 0 Å². The number of hydrogen-bond donors (Lipinski definition) is 3. The molecule has 32 heavy (non-hydrogen) atoms. The van der Waals surface area contributed by atoms with Crippen molar-refractivity contribution in [1.82, 2.24) is 10.6 Å². The van der Waals surface area contributed by atoms with Crippen LogP contribution >= 0.6 is 24.0 Å². The van der Waals surface area contributed by atoms with Gasteiger partial charge < -0.3 is 25.4 Å². The number of piperidine rings is 1. The van der Waals surface area contributed by atoms with Crippen molar-refractivity contribution in [2.75, 3.05) is 31.1 Å². The average molecular weight is 470 g/mol. The van der Waals surface area contributed by atoms with Crippen LogP contribution in [0, 0.1) is 0 Å². The third-order valence-corrected chi connectivity index (χ3v) is 6.68. The number of anilines is 1. The number of aliphatic hydroxyl groups is 1. The lowest BCUT2D eigenvalue weighted by atomic mass is 10.0. The molecule has 2 aromatic rings. The summed E-state index contributed by atoms with van der Waals surface area (Å²) in [5.41, 5.74) is 2.17. The molecule has 2 saturated heterocycles. The van der Waals surface area contributed by atoms with Gasteiger partial charge in [0.1, 0.15) is 22.8 Å². The standard InChI is InChI=1S/C24H27N3O3S2/c28-20(16-30-21-4-2-1-3-5-21)15-25-18-10-12-27(13-11-18)19-8-6-17(7-9-19)14-22-23(29)26-24(31)32-22/h1-9,14,18,20,25,28H,10-13,15-16H2,(H,26,29,31)/b22-14+. The quantitative estimate of drug-likeness (QED) is 0.405. The summed E-state index contributed by atoms with van der Waals surface area (Å²) in [5, 5.41) is 16.3. The number of carbonyl (C=O) groups is 1. The fraction of sp³-hybridized carbons (Fsp3) is 0.333. The first-order valence-corrected chi connectivity index (χ1v) is 12.0. The number of nitrogens with one attached hydrogen (secondary N) is 2. The Morgan fingerprint density at radius 2 is 1.91 bits per heavy atom. The van der Waals surface area contributed by atoms with Gasteiger partial charge >= 0.3 is 0 Å². The molecule has 0 spiro atoms. The monoisotopic (exact) mass is 469 g/mol. The predicted octanol–water partition coefficient (Wildman–Crippen LogP) is 3.17. The minimum Gasteiger partial charge on any atom is -0.491 e. The topological polar surface area (TPSA) is 73.8 Å². The highest BCUT2D eigenvalue weighted by Crippen LogP contribution is 2.27. The summed E-state index contributed by atoms with van der Waals surface area (Å²) >= 11 is 6.33. The Hall–Kier alpha value is -2.39. The van der Waals surface area contributed by atoms with Gasteiger partial charge in [-0.3, -0.25) is 4.79 Å². The number of amides is 1. The van der Waals surface area contributed by atoms with Crippen molar-refractivity contribution in [3.63, 3.8) is 0 Å². The largest absolute Gasteiger partial charge is 0.491 e. The summed E-state index contributed by atoms with van der Waals surface area (Å²) in [6, 6.07) is 18.2. The maximum Gasteiger partial charge on any atom is 0.263 e. The van der Waals surface area contributed by atoms with E-state index in [-0.39, 0.29) is 12.5 Å². The van der Waals surface area contributed by atoms with Gasteiger partial charge in [-0.05, 0) is 48.7 Å². The zero-order valence-corrected chi connectivity index (χ0v) is 19.3. The van der Waals surface area contributed by atoms with Gasteiger partial charge in [0, 0.05) is 31.4 Å². The fourth-order valence-electron chi connectivity index (χ4n) is 3.77. The van der Waals surface area contributed by atoms with E-state index in [1.165, 1.54) is 17.4 Å². The Bertz CT molecular complexity index is 958. The minimum absolute atomic E-state index is 0.129. The van der Waals surface area contributed by atoms with E-state index >= 15 is 0 Å². The number of para-hydroxylation sites is 1. The maximum absolute atomic E-state index is 11.8. The van der Waals surface area contributed by atoms with Crippen molar-refractivity contribution in [2.45, 2.75) is 25.0 Å². The molecule has 2 aliphatic rings. The van der Waals surface area contributed by atoms with Crippen molar-refractivity contribution < 1.29 is 14.6 Å². The molecule has 2 heterocycles. The van der Waals surface area contributed by atoms with Gasteiger partial charge in [-0.2, -0.15) is 0 Å². The maximum atomic E-state index is 11.8. The summed E-state index contributed by atoms with van der Waals surface area (Å²) in [5.74, 6) is 0.645. The average Bonchev–Trinajstić information content (AvgIpc) is 3.14. The lowest BCUT2D eigenvalue weighted by molar-refractivity contribution is -0.115. The lowest BCUT2D eigenvalue weighted by Crippen LogP contribution is -2.45. The van der Waals surface area contributed by atoms with Crippen LogP contribution in [0.1, 0.15) is 18.4 Å². The highest BCUT2D eigenvalue weighted by Gasteiger charge is 2.22. The number of nitrogens with zero attached hydrogens (tertiary/aromatic N) is 1. The van der Waals surface area contributed by atoms with Crippen LogP contribution in [0.15, 0.2) is 59.5 Å². The van der Waals surface area contributed by atoms with Crippen LogP contribution in [0.2, 0.25) is 0 Å². The van der Waals surface area contributed by atoms with Gasteiger partial charge in [-0.15, -0.1) is 0 Å². The van der Waals surface area contributed by atoms with Gasteiger partial charge in [0.15, 0.2) is 0 Å². The molecule has 168 valence electrons. The first-order chi connectivity index (χ1) is 15.6. The number of rotatable bonds is 8. The molecule has 0 aliphatic carbocycles. The Morgan fingerprint density at radius 3 is 2.56 bits per heavy atom. The number of thiocarbonyl (C=S) groups is 1. The summed E-state index contributed by atoms with van der Waals surface area (Å²) in [4.78, 5) is 14.8. The summed E-state index contributed by atoms with van der Waals surface area (Å²) < 4.78 is 6.12. The zero-order chi connectivity index (χ0) is 22.3. The molecule has 2 fully saturated rings. The van der Waals surface area contributed by atoms with Crippen LogP contribution in [-0.2, 0) is 4.79 Å². The molecular formula is C24H27N3O3S2. The molecule has 0 aromatic heterocycles. The second-order valence-electron chi connectivity index (χ2n) is 7.89. The smallest absolute Gasteiger partial charge is 0.263 e. The molecule has 0 radical (unpaired) electrons. The molecule has 0 bridgehead atoms. The molecule has 4 rings (SSSR count). The van der Waals surface area contributed by atoms with Crippen LogP contribution in [-0.4, -0.2) is 53.7 Å². The van der Waals surface area contributed by atoms with Crippen molar-refractivity contribution in [3.05, 3.63) is 65.1 Å². The summed E-state index contributed by atoms with van der Waals surface area (Å²) in [6.07, 6.45) is 3.37. The van der Waals surface area contributed by atoms with E-state index in [2.05, 4.69) is 27.7 Å². The molecule has 3 N–H and O–H groups in total. The molecule has 8 heteroatoms. The van der Waals surface area contributed by atoms with Gasteiger partial charge in [-0.1, -0.05) is 54.3 Å². The molecule has 1 atom stereocenters. The van der Waals surface area contributed by atoms with Crippen LogP contribution < -0.4 is 20.3 Å². The molecule has 2 aromatic carbocycles. The molecule has 1 amide bonds. The van der Waals surface area contributed by atoms with Gasteiger partial charge in [0.2, 0.25) is 0 Å². The Kier molecular flexibility index (Phi) is 7.81. The molecule has 2 aliphatic heterocycles. The highest BCUT2D eigenvalue weighted by molar-refractivity contribution is 8.26. The van der Waals surface area contributed by atoms with Crippen LogP contribution in [0.25, 0.3) is 6.08 Å². The van der Waals surface area contributed by atoms with Crippen LogP contribution in [0.5, 0.6) is 5.75 Å². The molecule has 1 unspecified atom stereocenters. The predicted molar refractivity (Wildman–Crippen MR) is 134 cm³/mol. The third-order valence-electron chi connectivity index (χ3n) is 5.52. The lowest BCUT2D eigenvalue weighted by Gasteiger charge is -2.34. The number of thioether (sulfide) groups is 1. The number of ether oxygens (including phenoxy) is 1. The van der Waals surface area contributed by atoms with Gasteiger partial charge in [0.25, 0.3) is 5.91 Å². The Balaban J connectivity index is 1.19. The van der Waals surface area contributed by atoms with E-state index in [1.54, 1.807) is 0 Å². The zero-order valence-electron chi connectivity index (χ0n) is 17.7. The Morgan fingerprint density at radius 1 is 1.19 bits per heavy atom. The second-order valence-corrected chi connectivity index (χ2v) is 9.61. The number of hydrogen-bond acceptors (Lipinski definition) is 7. The van der Waals surface area contributed by atoms with Gasteiger partial charge in [-0.25, -0.2) is 0 Å². The normalized spacial score (nSPS) is 19.3. The molecule has 6 nitrogen and oxygen atoms in total. The van der Waals surface area contributed by atoms with Crippen molar-refractivity contribution in [3.8, 4) is 5.75 Å². The fourth-order valence-corrected chi connectivity index (χ4v) is 4.81. The molecule has 0 saturated carbocycles. The van der Waals surface area contributed by atoms with Gasteiger partial charge in [0.05, 0.1) is 4.91 Å².